The Balaban J connectivity index is 1.77. The summed E-state index contributed by atoms with van der Waals surface area (Å²) in [5, 5.41) is 21.8. The van der Waals surface area contributed by atoms with Gasteiger partial charge < -0.3 is 5.11 Å². The van der Waals surface area contributed by atoms with Crippen LogP contribution in [0.25, 0.3) is 0 Å². The molecule has 2 aromatic carbocycles. The van der Waals surface area contributed by atoms with E-state index in [-0.39, 0.29) is 11.4 Å². The van der Waals surface area contributed by atoms with Gasteiger partial charge in [0.1, 0.15) is 23.1 Å². The average Bonchev–Trinajstić information content (AvgIpc) is 3.33. The highest BCUT2D eigenvalue weighted by atomic mass is 19.3. The molecule has 0 bridgehead atoms. The molecule has 0 spiro atoms. The van der Waals surface area contributed by atoms with Crippen LogP contribution in [0.4, 0.5) is 22.0 Å². The molecule has 0 aliphatic heterocycles. The minimum atomic E-state index is -3.58. The molecular formula is C22H13F5N6O. The lowest BCUT2D eigenvalue weighted by Crippen LogP contribution is -2.46. The number of rotatable bonds is 5. The van der Waals surface area contributed by atoms with Gasteiger partial charge in [0.25, 0.3) is 6.43 Å². The van der Waals surface area contributed by atoms with E-state index in [2.05, 4.69) is 37.2 Å². The van der Waals surface area contributed by atoms with Crippen molar-refractivity contribution in [2.45, 2.75) is 18.1 Å². The molecular weight excluding hydrogens is 459 g/mol. The molecule has 0 amide bonds. The summed E-state index contributed by atoms with van der Waals surface area (Å²) >= 11 is 0. The lowest BCUT2D eigenvalue weighted by Gasteiger charge is -2.34. The summed E-state index contributed by atoms with van der Waals surface area (Å²) in [6, 6.07) is 5.29. The van der Waals surface area contributed by atoms with Crippen LogP contribution in [0.5, 0.6) is 0 Å². The van der Waals surface area contributed by atoms with Crippen molar-refractivity contribution >= 4 is 0 Å². The Bertz CT molecular complexity index is 1340. The van der Waals surface area contributed by atoms with E-state index in [0.717, 1.165) is 24.8 Å². The van der Waals surface area contributed by atoms with Gasteiger partial charge in [0.05, 0.1) is 18.1 Å². The SMILES string of the molecule is OC(c1ccc(F)cc1F)(C(F)F)C(c1cnc(C#Cc2ccc(F)cc2)cn1)n1ncnn1. The standard InChI is InChI=1S/C22H13F5N6O/c23-14-4-1-13(2-5-14)3-7-16-10-29-19(11-28-16)20(33-31-12-30-32-33)22(34,21(26)27)17-8-6-15(24)9-18(17)25/h1-2,4-6,8-12,20-21,34H. The zero-order valence-electron chi connectivity index (χ0n) is 16.9. The third-order valence-corrected chi connectivity index (χ3v) is 4.84. The fraction of sp³-hybridized carbons (Fsp3) is 0.136. The predicted molar refractivity (Wildman–Crippen MR) is 107 cm³/mol. The fourth-order valence-electron chi connectivity index (χ4n) is 3.22. The molecule has 4 rings (SSSR count). The highest BCUT2D eigenvalue weighted by Gasteiger charge is 2.52. The molecule has 0 fully saturated rings. The molecule has 0 saturated carbocycles. The van der Waals surface area contributed by atoms with Crippen molar-refractivity contribution in [3.8, 4) is 11.8 Å². The van der Waals surface area contributed by atoms with Crippen LogP contribution in [0, 0.1) is 29.3 Å². The number of hydrogen-bond donors (Lipinski definition) is 1. The summed E-state index contributed by atoms with van der Waals surface area (Å²) < 4.78 is 69.5. The number of benzene rings is 2. The Labute approximate surface area is 188 Å². The van der Waals surface area contributed by atoms with Crippen LogP contribution in [0.3, 0.4) is 0 Å². The van der Waals surface area contributed by atoms with Gasteiger partial charge in [-0.05, 0) is 47.5 Å². The molecule has 34 heavy (non-hydrogen) atoms. The number of aromatic nitrogens is 6. The van der Waals surface area contributed by atoms with Gasteiger partial charge in [0.2, 0.25) is 0 Å². The highest BCUT2D eigenvalue weighted by Crippen LogP contribution is 2.42. The first-order chi connectivity index (χ1) is 16.3. The van der Waals surface area contributed by atoms with Crippen LogP contribution in [-0.2, 0) is 5.60 Å². The van der Waals surface area contributed by atoms with Gasteiger partial charge in [-0.2, -0.15) is 4.80 Å². The molecule has 12 heteroatoms. The topological polar surface area (TPSA) is 89.6 Å². The number of halogens is 5. The van der Waals surface area contributed by atoms with Gasteiger partial charge in [0.15, 0.2) is 18.0 Å². The molecule has 172 valence electrons. The Morgan fingerprint density at radius 2 is 1.65 bits per heavy atom. The van der Waals surface area contributed by atoms with Gasteiger partial charge in [-0.3, -0.25) is 4.98 Å². The fourth-order valence-corrected chi connectivity index (χ4v) is 3.22. The van der Waals surface area contributed by atoms with Crippen molar-refractivity contribution in [1.82, 2.24) is 30.2 Å². The van der Waals surface area contributed by atoms with Crippen LogP contribution in [0.15, 0.2) is 61.2 Å². The third-order valence-electron chi connectivity index (χ3n) is 4.84. The minimum absolute atomic E-state index is 0.131. The lowest BCUT2D eigenvalue weighted by atomic mass is 9.84. The van der Waals surface area contributed by atoms with Crippen molar-refractivity contribution in [3.05, 3.63) is 101 Å². The van der Waals surface area contributed by atoms with Gasteiger partial charge in [0, 0.05) is 17.2 Å². The molecule has 0 aliphatic rings. The molecule has 2 atom stereocenters. The van der Waals surface area contributed by atoms with E-state index in [4.69, 9.17) is 0 Å². The summed E-state index contributed by atoms with van der Waals surface area (Å²) in [6.45, 7) is 0. The van der Waals surface area contributed by atoms with Crippen LogP contribution < -0.4 is 0 Å². The molecule has 2 aromatic heterocycles. The Morgan fingerprint density at radius 1 is 0.912 bits per heavy atom. The van der Waals surface area contributed by atoms with E-state index < -0.39 is 41.1 Å². The number of tetrazole rings is 1. The normalized spacial score (nSPS) is 13.7. The average molecular weight is 472 g/mol. The van der Waals surface area contributed by atoms with Gasteiger partial charge >= 0.3 is 0 Å². The number of nitrogens with zero attached hydrogens (tertiary/aromatic N) is 6. The largest absolute Gasteiger partial charge is 0.377 e. The number of alkyl halides is 2. The summed E-state index contributed by atoms with van der Waals surface area (Å²) in [6.07, 6.45) is -0.473. The van der Waals surface area contributed by atoms with E-state index in [1.807, 2.05) is 0 Å². The summed E-state index contributed by atoms with van der Waals surface area (Å²) in [4.78, 5) is 8.70. The second-order valence-electron chi connectivity index (χ2n) is 6.99. The van der Waals surface area contributed by atoms with Gasteiger partial charge in [-0.1, -0.05) is 5.92 Å². The zero-order chi connectivity index (χ0) is 24.3. The van der Waals surface area contributed by atoms with E-state index in [9.17, 15) is 27.1 Å². The quantitative estimate of drug-likeness (QED) is 0.355. The molecule has 1 N–H and O–H groups in total. The monoisotopic (exact) mass is 472 g/mol. The minimum Gasteiger partial charge on any atom is -0.377 e. The first-order valence-corrected chi connectivity index (χ1v) is 9.57. The lowest BCUT2D eigenvalue weighted by molar-refractivity contribution is -0.133. The van der Waals surface area contributed by atoms with Crippen LogP contribution in [0.2, 0.25) is 0 Å². The molecule has 0 saturated heterocycles. The van der Waals surface area contributed by atoms with Crippen molar-refractivity contribution in [2.24, 2.45) is 0 Å². The zero-order valence-corrected chi connectivity index (χ0v) is 16.9. The molecule has 2 heterocycles. The maximum atomic E-state index is 14.5. The Kier molecular flexibility index (Phi) is 6.29. The summed E-state index contributed by atoms with van der Waals surface area (Å²) in [5.74, 6) is 2.58. The van der Waals surface area contributed by atoms with Crippen molar-refractivity contribution in [3.63, 3.8) is 0 Å². The van der Waals surface area contributed by atoms with Crippen molar-refractivity contribution < 1.29 is 27.1 Å². The smallest absolute Gasteiger partial charge is 0.273 e. The number of aliphatic hydroxyl groups is 1. The van der Waals surface area contributed by atoms with Crippen LogP contribution in [-0.4, -0.2) is 41.7 Å². The van der Waals surface area contributed by atoms with E-state index in [1.165, 1.54) is 24.3 Å². The maximum Gasteiger partial charge on any atom is 0.273 e. The molecule has 2 unspecified atom stereocenters. The highest BCUT2D eigenvalue weighted by molar-refractivity contribution is 5.39. The van der Waals surface area contributed by atoms with Crippen LogP contribution in [0.1, 0.15) is 28.6 Å². The maximum absolute atomic E-state index is 14.5. The predicted octanol–water partition coefficient (Wildman–Crippen LogP) is 3.02. The van der Waals surface area contributed by atoms with E-state index in [1.54, 1.807) is 0 Å². The van der Waals surface area contributed by atoms with Gasteiger partial charge in [-0.15, -0.1) is 10.2 Å². The third kappa shape index (κ3) is 4.46. The van der Waals surface area contributed by atoms with E-state index in [0.29, 0.717) is 22.5 Å². The number of hydrogen-bond acceptors (Lipinski definition) is 6. The second-order valence-corrected chi connectivity index (χ2v) is 6.99. The van der Waals surface area contributed by atoms with Crippen molar-refractivity contribution in [2.75, 3.05) is 0 Å². The second kappa shape index (κ2) is 9.32. The molecule has 0 aliphatic carbocycles. The first-order valence-electron chi connectivity index (χ1n) is 9.57. The Hall–Kier alpha value is -4.24. The molecule has 7 nitrogen and oxygen atoms in total. The van der Waals surface area contributed by atoms with Crippen LogP contribution >= 0.6 is 0 Å². The summed E-state index contributed by atoms with van der Waals surface area (Å²) in [5.41, 5.74) is -3.80. The summed E-state index contributed by atoms with van der Waals surface area (Å²) in [7, 11) is 0. The molecule has 4 aromatic rings. The van der Waals surface area contributed by atoms with E-state index >= 15 is 0 Å². The van der Waals surface area contributed by atoms with Gasteiger partial charge in [-0.25, -0.2) is 26.9 Å². The first kappa shape index (κ1) is 22.9. The van der Waals surface area contributed by atoms with Crippen molar-refractivity contribution in [1.29, 1.82) is 0 Å². The Morgan fingerprint density at radius 3 is 2.24 bits per heavy atom. The molecule has 0 radical (unpaired) electrons.